The first-order valence-corrected chi connectivity index (χ1v) is 13.5. The van der Waals surface area contributed by atoms with Gasteiger partial charge in [0, 0.05) is 29.1 Å². The minimum Gasteiger partial charge on any atom is -0.325 e. The Hall–Kier alpha value is -4.70. The highest BCUT2D eigenvalue weighted by Gasteiger charge is 2.18. The Labute approximate surface area is 229 Å². The van der Waals surface area contributed by atoms with Crippen LogP contribution < -0.4 is 5.32 Å². The second-order valence-electron chi connectivity index (χ2n) is 9.95. The zero-order valence-corrected chi connectivity index (χ0v) is 22.4. The Morgan fingerprint density at radius 2 is 1.51 bits per heavy atom. The zero-order chi connectivity index (χ0) is 26.6. The van der Waals surface area contributed by atoms with Crippen LogP contribution in [0.4, 0.5) is 0 Å². The predicted octanol–water partition coefficient (Wildman–Crippen LogP) is 7.87. The maximum absolute atomic E-state index is 5.09. The van der Waals surface area contributed by atoms with E-state index in [2.05, 4.69) is 137 Å². The van der Waals surface area contributed by atoms with Crippen molar-refractivity contribution in [1.29, 1.82) is 0 Å². The molecule has 0 bridgehead atoms. The number of nitrogens with one attached hydrogen (secondary N) is 1. The van der Waals surface area contributed by atoms with E-state index in [1.165, 1.54) is 32.9 Å². The molecule has 1 aliphatic carbocycles. The minimum absolute atomic E-state index is 0.389. The van der Waals surface area contributed by atoms with E-state index in [1.807, 2.05) is 13.1 Å². The first-order valence-electron chi connectivity index (χ1n) is 13.5. The average molecular weight is 509 g/mol. The van der Waals surface area contributed by atoms with Gasteiger partial charge in [0.1, 0.15) is 11.7 Å². The molecule has 0 radical (unpaired) electrons. The molecule has 1 unspecified atom stereocenters. The van der Waals surface area contributed by atoms with Gasteiger partial charge in [-0.25, -0.2) is 0 Å². The Morgan fingerprint density at radius 1 is 0.821 bits per heavy atom. The lowest BCUT2D eigenvalue weighted by Crippen LogP contribution is -2.34. The molecule has 0 saturated heterocycles. The molecule has 6 rings (SSSR count). The number of fused-ring (bicyclic) bond motifs is 3. The third-order valence-electron chi connectivity index (χ3n) is 7.39. The molecule has 1 aromatic heterocycles. The quantitative estimate of drug-likeness (QED) is 0.190. The molecule has 39 heavy (non-hydrogen) atoms. The van der Waals surface area contributed by atoms with Gasteiger partial charge < -0.3 is 9.88 Å². The van der Waals surface area contributed by atoms with E-state index in [-0.39, 0.29) is 0 Å². The van der Waals surface area contributed by atoms with Crippen LogP contribution in [0.3, 0.4) is 0 Å². The molecule has 5 aromatic rings. The summed E-state index contributed by atoms with van der Waals surface area (Å²) in [7, 11) is 1.84. The number of hydrogen-bond donors (Lipinski definition) is 1. The number of para-hydroxylation sites is 2. The number of allylic oxidation sites excluding steroid dienone is 3. The van der Waals surface area contributed by atoms with E-state index >= 15 is 0 Å². The summed E-state index contributed by atoms with van der Waals surface area (Å²) in [6.45, 7) is 2.82. The fourth-order valence-electron chi connectivity index (χ4n) is 5.38. The van der Waals surface area contributed by atoms with Crippen molar-refractivity contribution in [1.82, 2.24) is 9.88 Å². The number of aliphatic imine (C=N–C) groups is 2. The van der Waals surface area contributed by atoms with Crippen LogP contribution in [-0.4, -0.2) is 23.3 Å². The number of benzene rings is 4. The molecule has 0 aliphatic heterocycles. The van der Waals surface area contributed by atoms with E-state index in [4.69, 9.17) is 4.99 Å². The molecule has 0 amide bonds. The number of nitrogens with zero attached hydrogens (tertiary/aromatic N) is 3. The van der Waals surface area contributed by atoms with Gasteiger partial charge in [-0.3, -0.25) is 9.98 Å². The lowest BCUT2D eigenvalue weighted by Gasteiger charge is -2.21. The summed E-state index contributed by atoms with van der Waals surface area (Å²) >= 11 is 0. The summed E-state index contributed by atoms with van der Waals surface area (Å²) in [6, 6.07) is 36.2. The molecule has 0 saturated carbocycles. The molecule has 0 fully saturated rings. The van der Waals surface area contributed by atoms with Crippen molar-refractivity contribution in [3.05, 3.63) is 138 Å². The maximum atomic E-state index is 5.09. The largest absolute Gasteiger partial charge is 0.325 e. The van der Waals surface area contributed by atoms with Gasteiger partial charge in [0.15, 0.2) is 0 Å². The first kappa shape index (κ1) is 24.6. The highest BCUT2D eigenvalue weighted by Crippen LogP contribution is 2.32. The summed E-state index contributed by atoms with van der Waals surface area (Å²) < 4.78 is 2.34. The van der Waals surface area contributed by atoms with Crippen LogP contribution in [0, 0.1) is 5.92 Å². The van der Waals surface area contributed by atoms with Crippen LogP contribution in [0.2, 0.25) is 0 Å². The first-order chi connectivity index (χ1) is 19.2. The highest BCUT2D eigenvalue weighted by atomic mass is 15.1. The normalized spacial score (nSPS) is 16.1. The van der Waals surface area contributed by atoms with Crippen molar-refractivity contribution in [2.45, 2.75) is 19.9 Å². The van der Waals surface area contributed by atoms with Crippen molar-refractivity contribution in [3.8, 4) is 5.69 Å². The Balaban J connectivity index is 1.45. The molecular formula is C35H32N4. The van der Waals surface area contributed by atoms with Crippen LogP contribution >= 0.6 is 0 Å². The second kappa shape index (κ2) is 11.0. The summed E-state index contributed by atoms with van der Waals surface area (Å²) in [6.07, 6.45) is 7.49. The summed E-state index contributed by atoms with van der Waals surface area (Å²) in [5, 5.41) is 6.13. The molecule has 0 spiro atoms. The fourth-order valence-corrected chi connectivity index (χ4v) is 5.38. The number of hydrogen-bond acceptors (Lipinski definition) is 2. The van der Waals surface area contributed by atoms with E-state index in [0.29, 0.717) is 12.5 Å². The van der Waals surface area contributed by atoms with Crippen LogP contribution in [0.15, 0.2) is 137 Å². The second-order valence-corrected chi connectivity index (χ2v) is 9.95. The maximum Gasteiger partial charge on any atom is 0.134 e. The lowest BCUT2D eigenvalue weighted by molar-refractivity contribution is 0.709. The number of aromatic nitrogens is 1. The van der Waals surface area contributed by atoms with Gasteiger partial charge in [-0.15, -0.1) is 0 Å². The average Bonchev–Trinajstić information content (AvgIpc) is 3.33. The molecule has 4 nitrogen and oxygen atoms in total. The van der Waals surface area contributed by atoms with Crippen LogP contribution in [0.5, 0.6) is 0 Å². The van der Waals surface area contributed by atoms with Crippen molar-refractivity contribution in [2.24, 2.45) is 15.9 Å². The SMILES string of the molecule is CN=C(NC(=NCc1ccccc1)c1cccc(-n2c3ccccc3c3ccccc32)c1)C1=CC=CCC1C. The van der Waals surface area contributed by atoms with Gasteiger partial charge in [-0.2, -0.15) is 0 Å². The molecule has 1 aliphatic rings. The highest BCUT2D eigenvalue weighted by molar-refractivity contribution is 6.15. The van der Waals surface area contributed by atoms with Gasteiger partial charge in [0.05, 0.1) is 17.6 Å². The predicted molar refractivity (Wildman–Crippen MR) is 165 cm³/mol. The third-order valence-corrected chi connectivity index (χ3v) is 7.39. The van der Waals surface area contributed by atoms with Gasteiger partial charge in [0.2, 0.25) is 0 Å². The number of rotatable bonds is 5. The Kier molecular flexibility index (Phi) is 6.92. The fraction of sp³-hybridized carbons (Fsp3) is 0.143. The van der Waals surface area contributed by atoms with E-state index < -0.39 is 0 Å². The molecule has 1 atom stereocenters. The van der Waals surface area contributed by atoms with Gasteiger partial charge in [-0.1, -0.05) is 104 Å². The monoisotopic (exact) mass is 508 g/mol. The topological polar surface area (TPSA) is 41.7 Å². The minimum atomic E-state index is 0.389. The van der Waals surface area contributed by atoms with Crippen molar-refractivity contribution in [2.75, 3.05) is 7.05 Å². The van der Waals surface area contributed by atoms with Gasteiger partial charge in [-0.05, 0) is 47.7 Å². The van der Waals surface area contributed by atoms with Crippen molar-refractivity contribution >= 4 is 33.5 Å². The zero-order valence-electron chi connectivity index (χ0n) is 22.4. The van der Waals surface area contributed by atoms with E-state index in [9.17, 15) is 0 Å². The molecule has 1 heterocycles. The number of amidine groups is 2. The molecule has 4 heteroatoms. The summed E-state index contributed by atoms with van der Waals surface area (Å²) in [5.41, 5.74) is 6.86. The smallest absolute Gasteiger partial charge is 0.134 e. The van der Waals surface area contributed by atoms with Crippen LogP contribution in [0.25, 0.3) is 27.5 Å². The standard InChI is InChI=1S/C35H32N4/c1-25-13-6-7-18-29(25)35(36-2)38-34(37-24-26-14-4-3-5-15-26)27-16-12-17-28(23-27)39-32-21-10-8-19-30(32)31-20-9-11-22-33(31)39/h3-12,14-23,25H,13,24H2,1-2H3,(H,36,37,38). The third kappa shape index (κ3) is 4.94. The van der Waals surface area contributed by atoms with E-state index in [1.54, 1.807) is 0 Å². The molecule has 1 N–H and O–H groups in total. The Bertz CT molecular complexity index is 1700. The van der Waals surface area contributed by atoms with Gasteiger partial charge >= 0.3 is 0 Å². The Morgan fingerprint density at radius 3 is 2.21 bits per heavy atom. The van der Waals surface area contributed by atoms with Crippen LogP contribution in [-0.2, 0) is 6.54 Å². The molecule has 4 aromatic carbocycles. The van der Waals surface area contributed by atoms with E-state index in [0.717, 1.165) is 29.3 Å². The summed E-state index contributed by atoms with van der Waals surface area (Å²) in [5.74, 6) is 2.06. The van der Waals surface area contributed by atoms with Gasteiger partial charge in [0.25, 0.3) is 0 Å². The van der Waals surface area contributed by atoms with Crippen molar-refractivity contribution in [3.63, 3.8) is 0 Å². The molecular weight excluding hydrogens is 476 g/mol. The van der Waals surface area contributed by atoms with Crippen LogP contribution in [0.1, 0.15) is 24.5 Å². The molecule has 192 valence electrons. The summed E-state index contributed by atoms with van der Waals surface area (Å²) in [4.78, 5) is 9.74. The lowest BCUT2D eigenvalue weighted by atomic mass is 9.92. The van der Waals surface area contributed by atoms with Crippen molar-refractivity contribution < 1.29 is 0 Å².